The van der Waals surface area contributed by atoms with E-state index in [1.165, 1.54) is 17.8 Å². The fourth-order valence-corrected chi connectivity index (χ4v) is 1.52. The van der Waals surface area contributed by atoms with Crippen LogP contribution in [0, 0.1) is 0 Å². The van der Waals surface area contributed by atoms with Crippen LogP contribution in [0.15, 0.2) is 10.9 Å². The van der Waals surface area contributed by atoms with E-state index < -0.39 is 0 Å². The SMILES string of the molecule is CCCCCNC(=O)c1cscn1. The molecule has 0 unspecified atom stereocenters. The summed E-state index contributed by atoms with van der Waals surface area (Å²) in [6.07, 6.45) is 3.39. The normalized spacial score (nSPS) is 9.92. The number of amides is 1. The maximum atomic E-state index is 11.3. The molecule has 1 aromatic heterocycles. The minimum absolute atomic E-state index is 0.0580. The zero-order valence-electron chi connectivity index (χ0n) is 7.75. The summed E-state index contributed by atoms with van der Waals surface area (Å²) in [7, 11) is 0. The number of hydrogen-bond donors (Lipinski definition) is 1. The third-order valence-corrected chi connectivity index (χ3v) is 2.32. The van der Waals surface area contributed by atoms with Crippen LogP contribution in [0.2, 0.25) is 0 Å². The largest absolute Gasteiger partial charge is 0.351 e. The summed E-state index contributed by atoms with van der Waals surface area (Å²) in [6.45, 7) is 2.90. The topological polar surface area (TPSA) is 42.0 Å². The average molecular weight is 198 g/mol. The Kier molecular flexibility index (Phi) is 4.46. The van der Waals surface area contributed by atoms with Crippen molar-refractivity contribution in [1.29, 1.82) is 0 Å². The van der Waals surface area contributed by atoms with Crippen LogP contribution in [0.5, 0.6) is 0 Å². The highest BCUT2D eigenvalue weighted by atomic mass is 32.1. The Hall–Kier alpha value is -0.900. The van der Waals surface area contributed by atoms with Crippen LogP contribution >= 0.6 is 11.3 Å². The second-order valence-corrected chi connectivity index (χ2v) is 3.56. The molecule has 1 heterocycles. The highest BCUT2D eigenvalue weighted by Gasteiger charge is 2.05. The number of thiazole rings is 1. The molecule has 0 aliphatic heterocycles. The first-order chi connectivity index (χ1) is 6.34. The van der Waals surface area contributed by atoms with Crippen LogP contribution in [0.3, 0.4) is 0 Å². The van der Waals surface area contributed by atoms with Gasteiger partial charge in [-0.15, -0.1) is 11.3 Å². The maximum Gasteiger partial charge on any atom is 0.270 e. The van der Waals surface area contributed by atoms with Gasteiger partial charge in [-0.05, 0) is 6.42 Å². The number of unbranched alkanes of at least 4 members (excludes halogenated alkanes) is 2. The van der Waals surface area contributed by atoms with Crippen molar-refractivity contribution in [2.75, 3.05) is 6.54 Å². The second kappa shape index (κ2) is 5.70. The van der Waals surface area contributed by atoms with E-state index in [1.54, 1.807) is 10.9 Å². The molecule has 0 atom stereocenters. The lowest BCUT2D eigenvalue weighted by Gasteiger charge is -2.01. The van der Waals surface area contributed by atoms with Gasteiger partial charge in [0.15, 0.2) is 0 Å². The number of carbonyl (C=O) groups excluding carboxylic acids is 1. The van der Waals surface area contributed by atoms with E-state index in [-0.39, 0.29) is 5.91 Å². The minimum atomic E-state index is -0.0580. The van der Waals surface area contributed by atoms with Gasteiger partial charge in [0.25, 0.3) is 5.91 Å². The molecule has 0 aromatic carbocycles. The molecule has 1 amide bonds. The summed E-state index contributed by atoms with van der Waals surface area (Å²) in [4.78, 5) is 15.2. The Morgan fingerprint density at radius 3 is 3.08 bits per heavy atom. The predicted molar refractivity (Wildman–Crippen MR) is 54.0 cm³/mol. The minimum Gasteiger partial charge on any atom is -0.351 e. The number of rotatable bonds is 5. The number of nitrogens with one attached hydrogen (secondary N) is 1. The van der Waals surface area contributed by atoms with E-state index in [0.29, 0.717) is 5.69 Å². The number of aromatic nitrogens is 1. The highest BCUT2D eigenvalue weighted by Crippen LogP contribution is 2.00. The fourth-order valence-electron chi connectivity index (χ4n) is 0.992. The first kappa shape index (κ1) is 10.2. The second-order valence-electron chi connectivity index (χ2n) is 2.84. The highest BCUT2D eigenvalue weighted by molar-refractivity contribution is 7.07. The van der Waals surface area contributed by atoms with Gasteiger partial charge in [-0.3, -0.25) is 4.79 Å². The molecule has 0 spiro atoms. The fraction of sp³-hybridized carbons (Fsp3) is 0.556. The Bertz CT molecular complexity index is 246. The molecule has 0 aliphatic carbocycles. The Morgan fingerprint density at radius 1 is 1.62 bits per heavy atom. The van der Waals surface area contributed by atoms with E-state index in [1.807, 2.05) is 0 Å². The maximum absolute atomic E-state index is 11.3. The van der Waals surface area contributed by atoms with Gasteiger partial charge in [0.1, 0.15) is 5.69 Å². The zero-order chi connectivity index (χ0) is 9.52. The Balaban J connectivity index is 2.19. The molecule has 0 fully saturated rings. The molecule has 13 heavy (non-hydrogen) atoms. The van der Waals surface area contributed by atoms with Crippen LogP contribution in [0.4, 0.5) is 0 Å². The molecule has 0 bridgehead atoms. The van der Waals surface area contributed by atoms with E-state index in [4.69, 9.17) is 0 Å². The van der Waals surface area contributed by atoms with E-state index in [2.05, 4.69) is 17.2 Å². The van der Waals surface area contributed by atoms with Crippen molar-refractivity contribution in [2.45, 2.75) is 26.2 Å². The van der Waals surface area contributed by atoms with Gasteiger partial charge in [-0.2, -0.15) is 0 Å². The standard InChI is InChI=1S/C9H14N2OS/c1-2-3-4-5-10-9(12)8-6-13-7-11-8/h6-7H,2-5H2,1H3,(H,10,12). The van der Waals surface area contributed by atoms with Crippen molar-refractivity contribution >= 4 is 17.2 Å². The zero-order valence-corrected chi connectivity index (χ0v) is 8.56. The molecular formula is C9H14N2OS. The van der Waals surface area contributed by atoms with Gasteiger partial charge < -0.3 is 5.32 Å². The lowest BCUT2D eigenvalue weighted by Crippen LogP contribution is -2.24. The summed E-state index contributed by atoms with van der Waals surface area (Å²) in [5.41, 5.74) is 2.20. The van der Waals surface area contributed by atoms with Crippen LogP contribution in [-0.2, 0) is 0 Å². The molecule has 1 N–H and O–H groups in total. The van der Waals surface area contributed by atoms with Crippen LogP contribution < -0.4 is 5.32 Å². The molecule has 0 radical (unpaired) electrons. The third-order valence-electron chi connectivity index (χ3n) is 1.73. The van der Waals surface area contributed by atoms with Crippen molar-refractivity contribution in [3.63, 3.8) is 0 Å². The summed E-state index contributed by atoms with van der Waals surface area (Å²) in [5, 5.41) is 4.58. The average Bonchev–Trinajstić information content (AvgIpc) is 2.65. The van der Waals surface area contributed by atoms with Crippen LogP contribution in [0.25, 0.3) is 0 Å². The molecule has 1 aromatic rings. The predicted octanol–water partition coefficient (Wildman–Crippen LogP) is 2.06. The van der Waals surface area contributed by atoms with Gasteiger partial charge in [0.05, 0.1) is 5.51 Å². The first-order valence-corrected chi connectivity index (χ1v) is 5.45. The molecule has 0 saturated carbocycles. The van der Waals surface area contributed by atoms with Crippen LogP contribution in [0.1, 0.15) is 36.7 Å². The van der Waals surface area contributed by atoms with E-state index >= 15 is 0 Å². The van der Waals surface area contributed by atoms with E-state index in [0.717, 1.165) is 19.4 Å². The summed E-state index contributed by atoms with van der Waals surface area (Å²) < 4.78 is 0. The van der Waals surface area contributed by atoms with Gasteiger partial charge >= 0.3 is 0 Å². The van der Waals surface area contributed by atoms with E-state index in [9.17, 15) is 4.79 Å². The van der Waals surface area contributed by atoms with Crippen molar-refractivity contribution in [3.8, 4) is 0 Å². The summed E-state index contributed by atoms with van der Waals surface area (Å²) in [5.74, 6) is -0.0580. The van der Waals surface area contributed by atoms with Gasteiger partial charge in [-0.25, -0.2) is 4.98 Å². The molecule has 0 saturated heterocycles. The van der Waals surface area contributed by atoms with Crippen molar-refractivity contribution in [2.24, 2.45) is 0 Å². The third kappa shape index (κ3) is 3.55. The van der Waals surface area contributed by atoms with Gasteiger partial charge in [-0.1, -0.05) is 19.8 Å². The molecule has 1 rings (SSSR count). The summed E-state index contributed by atoms with van der Waals surface area (Å²) >= 11 is 1.44. The molecule has 4 heteroatoms. The van der Waals surface area contributed by atoms with Crippen molar-refractivity contribution in [3.05, 3.63) is 16.6 Å². The molecule has 72 valence electrons. The monoisotopic (exact) mass is 198 g/mol. The Morgan fingerprint density at radius 2 is 2.46 bits per heavy atom. The smallest absolute Gasteiger partial charge is 0.270 e. The summed E-state index contributed by atoms with van der Waals surface area (Å²) in [6, 6.07) is 0. The van der Waals surface area contributed by atoms with Gasteiger partial charge in [0, 0.05) is 11.9 Å². The number of carbonyl (C=O) groups is 1. The van der Waals surface area contributed by atoms with Crippen molar-refractivity contribution in [1.82, 2.24) is 10.3 Å². The van der Waals surface area contributed by atoms with Crippen molar-refractivity contribution < 1.29 is 4.79 Å². The quantitative estimate of drug-likeness (QED) is 0.736. The Labute approximate surface area is 82.2 Å². The number of hydrogen-bond acceptors (Lipinski definition) is 3. The van der Waals surface area contributed by atoms with Crippen LogP contribution in [-0.4, -0.2) is 17.4 Å². The lowest BCUT2D eigenvalue weighted by atomic mass is 10.2. The lowest BCUT2D eigenvalue weighted by molar-refractivity contribution is 0.0948. The molecule has 0 aliphatic rings. The first-order valence-electron chi connectivity index (χ1n) is 4.51. The molecule has 3 nitrogen and oxygen atoms in total. The molecular weight excluding hydrogens is 184 g/mol. The number of nitrogens with zero attached hydrogens (tertiary/aromatic N) is 1. The van der Waals surface area contributed by atoms with Gasteiger partial charge in [0.2, 0.25) is 0 Å².